The monoisotopic (exact) mass is 758 g/mol. The number of fused-ring (bicyclic) bond motifs is 3. The second kappa shape index (κ2) is 10.4. The molecule has 0 nitrogen and oxygen atoms in total. The van der Waals surface area contributed by atoms with Gasteiger partial charge in [0.05, 0.1) is 0 Å². The number of benzene rings is 4. The molecule has 4 aromatic rings. The summed E-state index contributed by atoms with van der Waals surface area (Å²) >= 11 is -5.43. The Balaban J connectivity index is 1.80. The predicted molar refractivity (Wildman–Crippen MR) is 181 cm³/mol. The molecule has 0 saturated carbocycles. The van der Waals surface area contributed by atoms with Crippen molar-refractivity contribution in [1.29, 1.82) is 0 Å². The van der Waals surface area contributed by atoms with Crippen molar-refractivity contribution in [1.82, 2.24) is 0 Å². The Morgan fingerprint density at radius 3 is 1.36 bits per heavy atom. The molecule has 0 bridgehead atoms. The summed E-state index contributed by atoms with van der Waals surface area (Å²) in [4.78, 5) is 0. The van der Waals surface area contributed by atoms with Crippen molar-refractivity contribution in [3.05, 3.63) is 155 Å². The van der Waals surface area contributed by atoms with Crippen molar-refractivity contribution >= 4 is 20.4 Å². The van der Waals surface area contributed by atoms with E-state index in [0.29, 0.717) is 0 Å². The molecule has 42 heavy (non-hydrogen) atoms. The average Bonchev–Trinajstić information content (AvgIpc) is 3.61. The first-order valence-electron chi connectivity index (χ1n) is 15.0. The molecule has 2 aliphatic rings. The third kappa shape index (κ3) is 4.81. The minimum absolute atomic E-state index is 0.0258. The van der Waals surface area contributed by atoms with E-state index in [0.717, 1.165) is 14.4 Å². The molecule has 0 aromatic heterocycles. The molecule has 0 fully saturated rings. The van der Waals surface area contributed by atoms with Crippen LogP contribution < -0.4 is 0 Å². The normalized spacial score (nSPS) is 15.6. The van der Waals surface area contributed by atoms with Crippen LogP contribution >= 0.6 is 17.2 Å². The van der Waals surface area contributed by atoms with Gasteiger partial charge in [-0.05, 0) is 0 Å². The van der Waals surface area contributed by atoms with E-state index in [4.69, 9.17) is 17.2 Å². The predicted octanol–water partition coefficient (Wildman–Crippen LogP) is 11.5. The molecule has 6 rings (SSSR count). The van der Waals surface area contributed by atoms with Crippen molar-refractivity contribution in [3.8, 4) is 11.1 Å². The van der Waals surface area contributed by atoms with E-state index in [1.54, 1.807) is 0 Å². The van der Waals surface area contributed by atoms with Gasteiger partial charge in [0.15, 0.2) is 0 Å². The Morgan fingerprint density at radius 1 is 0.571 bits per heavy atom. The van der Waals surface area contributed by atoms with Gasteiger partial charge in [0.2, 0.25) is 0 Å². The Kier molecular flexibility index (Phi) is 7.36. The summed E-state index contributed by atoms with van der Waals surface area (Å²) < 4.78 is 0.988. The second-order valence-electron chi connectivity index (χ2n) is 14.1. The van der Waals surface area contributed by atoms with Crippen LogP contribution in [-0.2, 0) is 26.5 Å². The van der Waals surface area contributed by atoms with Gasteiger partial charge < -0.3 is 0 Å². The van der Waals surface area contributed by atoms with Crippen LogP contribution in [0.5, 0.6) is 0 Å². The first-order chi connectivity index (χ1) is 19.8. The summed E-state index contributed by atoms with van der Waals surface area (Å²) in [7, 11) is 17.2. The van der Waals surface area contributed by atoms with Gasteiger partial charge in [-0.2, -0.15) is 0 Å². The van der Waals surface area contributed by atoms with Crippen LogP contribution in [0.15, 0.2) is 121 Å². The summed E-state index contributed by atoms with van der Waals surface area (Å²) in [6, 6.07) is 35.4. The third-order valence-electron chi connectivity index (χ3n) is 9.24. The number of halogens is 2. The van der Waals surface area contributed by atoms with Gasteiger partial charge in [-0.1, -0.05) is 0 Å². The fourth-order valence-corrected chi connectivity index (χ4v) is 34.8. The molecule has 2 aliphatic carbocycles. The molecule has 0 unspecified atom stereocenters. The molecule has 0 aliphatic heterocycles. The van der Waals surface area contributed by atoms with Gasteiger partial charge in [-0.25, -0.2) is 0 Å². The molecule has 3 heteroatoms. The summed E-state index contributed by atoms with van der Waals surface area (Å²) in [5.74, 6) is 0. The molecule has 0 atom stereocenters. The zero-order valence-corrected chi connectivity index (χ0v) is 30.6. The molecule has 0 heterocycles. The van der Waals surface area contributed by atoms with Gasteiger partial charge in [-0.3, -0.25) is 0 Å². The van der Waals surface area contributed by atoms with Crippen LogP contribution in [0.25, 0.3) is 11.1 Å². The Hall–Kier alpha value is -2.32. The summed E-state index contributed by atoms with van der Waals surface area (Å²) in [5.41, 5.74) is 10.0. The summed E-state index contributed by atoms with van der Waals surface area (Å²) in [5, 5.41) is 0. The molecule has 4 aromatic carbocycles. The topological polar surface area (TPSA) is 0 Å². The number of hydrogen-bond donors (Lipinski definition) is 0. The standard InChI is InChI=1S/C21H25.C13H10.C5H5.2ClH.Hf/c1-20(2,3)16-9-7-14-11-15-8-10-17(21(4,5)6)13-19(15)18(14)12-16;1-3-7-12(8-4-1)11-13-9-5-2-6-10-13;1-2-4-5-3-1;;;/h7-13H,1-6H3;1-10H;1-5H;2*1H;/q;;;;;+2/p-2. The van der Waals surface area contributed by atoms with Gasteiger partial charge in [0.25, 0.3) is 0 Å². The van der Waals surface area contributed by atoms with Crippen molar-refractivity contribution in [2.75, 3.05) is 0 Å². The van der Waals surface area contributed by atoms with E-state index in [-0.39, 0.29) is 18.2 Å². The van der Waals surface area contributed by atoms with E-state index in [1.807, 2.05) is 0 Å². The van der Waals surface area contributed by atoms with Crippen LogP contribution in [0.3, 0.4) is 0 Å². The van der Waals surface area contributed by atoms with Crippen LogP contribution in [-0.4, -0.2) is 3.26 Å². The van der Waals surface area contributed by atoms with Gasteiger partial charge in [-0.15, -0.1) is 0 Å². The van der Waals surface area contributed by atoms with E-state index >= 15 is 0 Å². The number of allylic oxidation sites excluding steroid dienone is 4. The molecule has 214 valence electrons. The fourth-order valence-electron chi connectivity index (χ4n) is 6.97. The fraction of sp³-hybridized carbons (Fsp3) is 0.256. The van der Waals surface area contributed by atoms with E-state index in [1.165, 1.54) is 33.4 Å². The second-order valence-corrected chi connectivity index (χ2v) is 43.6. The molecule has 0 spiro atoms. The van der Waals surface area contributed by atoms with E-state index in [9.17, 15) is 0 Å². The van der Waals surface area contributed by atoms with Crippen molar-refractivity contribution in [3.63, 3.8) is 0 Å². The quantitative estimate of drug-likeness (QED) is 0.182. The maximum atomic E-state index is 8.60. The first kappa shape index (κ1) is 29.7. The van der Waals surface area contributed by atoms with Crippen LogP contribution in [0.1, 0.15) is 78.6 Å². The van der Waals surface area contributed by atoms with Gasteiger partial charge >= 0.3 is 262 Å². The Labute approximate surface area is 259 Å². The Morgan fingerprint density at radius 2 is 0.976 bits per heavy atom. The number of hydrogen-bond acceptors (Lipinski definition) is 0. The van der Waals surface area contributed by atoms with Gasteiger partial charge in [0, 0.05) is 0 Å². The first-order valence-corrected chi connectivity index (χ1v) is 29.8. The summed E-state index contributed by atoms with van der Waals surface area (Å²) in [6.07, 6.45) is 8.76. The maximum absolute atomic E-state index is 8.60. The summed E-state index contributed by atoms with van der Waals surface area (Å²) in [6.45, 7) is 13.7. The SMILES string of the molecule is CC(C)(C)c1ccc2c(c1)-c1cc(C(C)(C)C)ccc1[CH]2[Hf]([Cl])([Cl])(=[C](c1ccccc1)c1ccccc1)[CH]1C=CC=C1. The third-order valence-corrected chi connectivity index (χ3v) is 37.4. The molecular formula is C39H40Cl2Hf. The zero-order chi connectivity index (χ0) is 29.9. The molecule has 0 saturated heterocycles. The van der Waals surface area contributed by atoms with E-state index < -0.39 is 15.7 Å². The zero-order valence-electron chi connectivity index (χ0n) is 25.5. The van der Waals surface area contributed by atoms with Crippen LogP contribution in [0.4, 0.5) is 0 Å². The minimum atomic E-state index is -5.43. The average molecular weight is 758 g/mol. The Bertz CT molecular complexity index is 1670. The molecule has 0 N–H and O–H groups in total. The molecule has 0 radical (unpaired) electrons. The van der Waals surface area contributed by atoms with Gasteiger partial charge in [0.1, 0.15) is 0 Å². The van der Waals surface area contributed by atoms with Crippen molar-refractivity contribution in [2.45, 2.75) is 59.7 Å². The molecule has 0 amide bonds. The molecular weight excluding hydrogens is 718 g/mol. The number of rotatable bonds is 4. The van der Waals surface area contributed by atoms with Crippen LogP contribution in [0, 0.1) is 0 Å². The van der Waals surface area contributed by atoms with Crippen molar-refractivity contribution in [2.24, 2.45) is 0 Å². The van der Waals surface area contributed by atoms with Crippen LogP contribution in [0.2, 0.25) is 3.67 Å². The van der Waals surface area contributed by atoms with E-state index in [2.05, 4.69) is 163 Å². The van der Waals surface area contributed by atoms with Crippen molar-refractivity contribution < 1.29 is 15.7 Å².